The summed E-state index contributed by atoms with van der Waals surface area (Å²) in [6.07, 6.45) is 0. The molecule has 0 unspecified atom stereocenters. The topological polar surface area (TPSA) is 59.0 Å². The Labute approximate surface area is 170 Å². The van der Waals surface area contributed by atoms with Crippen LogP contribution >= 0.6 is 55.7 Å². The molecule has 1 heterocycles. The van der Waals surface area contributed by atoms with E-state index in [-0.39, 0.29) is 10.7 Å². The lowest BCUT2D eigenvalue weighted by Gasteiger charge is -2.15. The molecule has 2 aromatic carbocycles. The SMILES string of the molecule is Cc1nc2c(Br)cc(Br)cc2c(=O)n1NC(=S)Nc1ccc(Cl)cc1. The Hall–Kier alpha value is -1.48. The second kappa shape index (κ2) is 7.41. The minimum Gasteiger partial charge on any atom is -0.331 e. The number of aryl methyl sites for hydroxylation is 1. The summed E-state index contributed by atoms with van der Waals surface area (Å²) in [7, 11) is 0. The summed E-state index contributed by atoms with van der Waals surface area (Å²) in [5.41, 5.74) is 3.98. The van der Waals surface area contributed by atoms with Gasteiger partial charge in [-0.25, -0.2) is 9.66 Å². The quantitative estimate of drug-likeness (QED) is 0.492. The maximum Gasteiger partial charge on any atom is 0.280 e. The molecule has 0 saturated carbocycles. The number of hydrogen-bond acceptors (Lipinski definition) is 3. The summed E-state index contributed by atoms with van der Waals surface area (Å²) in [4.78, 5) is 17.3. The monoisotopic (exact) mass is 500 g/mol. The molecule has 0 atom stereocenters. The molecular formula is C16H11Br2ClN4OS. The van der Waals surface area contributed by atoms with Crippen LogP contribution in [0.2, 0.25) is 5.02 Å². The lowest BCUT2D eigenvalue weighted by atomic mass is 10.2. The highest BCUT2D eigenvalue weighted by atomic mass is 79.9. The number of aromatic nitrogens is 2. The Morgan fingerprint density at radius 3 is 2.60 bits per heavy atom. The van der Waals surface area contributed by atoms with E-state index in [0.717, 1.165) is 14.6 Å². The van der Waals surface area contributed by atoms with Crippen LogP contribution in [-0.2, 0) is 0 Å². The van der Waals surface area contributed by atoms with Crippen LogP contribution in [0.15, 0.2) is 50.1 Å². The Kier molecular flexibility index (Phi) is 5.43. The Morgan fingerprint density at radius 1 is 1.24 bits per heavy atom. The molecule has 0 radical (unpaired) electrons. The van der Waals surface area contributed by atoms with Gasteiger partial charge in [0.25, 0.3) is 5.56 Å². The molecule has 0 spiro atoms. The van der Waals surface area contributed by atoms with Crippen LogP contribution < -0.4 is 16.3 Å². The minimum atomic E-state index is -0.246. The van der Waals surface area contributed by atoms with Gasteiger partial charge in [-0.3, -0.25) is 10.2 Å². The van der Waals surface area contributed by atoms with E-state index in [0.29, 0.717) is 21.7 Å². The van der Waals surface area contributed by atoms with Crippen molar-refractivity contribution in [2.75, 3.05) is 10.7 Å². The van der Waals surface area contributed by atoms with E-state index in [4.69, 9.17) is 23.8 Å². The Balaban J connectivity index is 1.94. The normalized spacial score (nSPS) is 10.7. The van der Waals surface area contributed by atoms with E-state index in [1.165, 1.54) is 4.68 Å². The molecule has 128 valence electrons. The lowest BCUT2D eigenvalue weighted by molar-refractivity contribution is 0.838. The molecule has 0 saturated heterocycles. The van der Waals surface area contributed by atoms with Crippen molar-refractivity contribution in [1.82, 2.24) is 9.66 Å². The molecule has 25 heavy (non-hydrogen) atoms. The largest absolute Gasteiger partial charge is 0.331 e. The van der Waals surface area contributed by atoms with Crippen molar-refractivity contribution >= 4 is 77.4 Å². The third kappa shape index (κ3) is 4.03. The molecule has 0 aliphatic carbocycles. The van der Waals surface area contributed by atoms with Gasteiger partial charge >= 0.3 is 0 Å². The average Bonchev–Trinajstić information content (AvgIpc) is 2.55. The number of benzene rings is 2. The second-order valence-electron chi connectivity index (χ2n) is 5.16. The molecule has 0 aliphatic rings. The van der Waals surface area contributed by atoms with Crippen molar-refractivity contribution in [2.45, 2.75) is 6.92 Å². The highest BCUT2D eigenvalue weighted by molar-refractivity contribution is 9.11. The molecule has 0 fully saturated rings. The Morgan fingerprint density at radius 2 is 1.92 bits per heavy atom. The van der Waals surface area contributed by atoms with E-state index in [2.05, 4.69) is 47.6 Å². The number of rotatable bonds is 2. The molecule has 5 nitrogen and oxygen atoms in total. The molecule has 3 aromatic rings. The van der Waals surface area contributed by atoms with Crippen LogP contribution in [0.5, 0.6) is 0 Å². The third-order valence-electron chi connectivity index (χ3n) is 3.37. The average molecular weight is 503 g/mol. The van der Waals surface area contributed by atoms with Gasteiger partial charge in [-0.1, -0.05) is 27.5 Å². The van der Waals surface area contributed by atoms with Crippen molar-refractivity contribution in [3.8, 4) is 0 Å². The van der Waals surface area contributed by atoms with Gasteiger partial charge in [0, 0.05) is 19.7 Å². The predicted octanol–water partition coefficient (Wildman–Crippen LogP) is 4.82. The summed E-state index contributed by atoms with van der Waals surface area (Å²) in [5.74, 6) is 0.487. The van der Waals surface area contributed by atoms with Crippen LogP contribution in [0.25, 0.3) is 10.9 Å². The number of halogens is 3. The van der Waals surface area contributed by atoms with Gasteiger partial charge in [-0.15, -0.1) is 0 Å². The third-order valence-corrected chi connectivity index (χ3v) is 4.88. The first-order valence-corrected chi connectivity index (χ1v) is 9.44. The van der Waals surface area contributed by atoms with Crippen LogP contribution in [0.3, 0.4) is 0 Å². The van der Waals surface area contributed by atoms with Crippen LogP contribution in [0.1, 0.15) is 5.82 Å². The number of fused-ring (bicyclic) bond motifs is 1. The molecule has 0 bridgehead atoms. The fourth-order valence-electron chi connectivity index (χ4n) is 2.25. The van der Waals surface area contributed by atoms with Crippen molar-refractivity contribution < 1.29 is 0 Å². The number of anilines is 1. The maximum atomic E-state index is 12.8. The first kappa shape index (κ1) is 18.3. The smallest absolute Gasteiger partial charge is 0.280 e. The van der Waals surface area contributed by atoms with Crippen molar-refractivity contribution in [1.29, 1.82) is 0 Å². The molecule has 1 aromatic heterocycles. The summed E-state index contributed by atoms with van der Waals surface area (Å²) < 4.78 is 2.83. The molecule has 3 rings (SSSR count). The van der Waals surface area contributed by atoms with Gasteiger partial charge in [-0.2, -0.15) is 0 Å². The zero-order valence-corrected chi connectivity index (χ0v) is 17.6. The van der Waals surface area contributed by atoms with Gasteiger partial charge in [-0.05, 0) is 71.5 Å². The van der Waals surface area contributed by atoms with Crippen LogP contribution in [0.4, 0.5) is 5.69 Å². The van der Waals surface area contributed by atoms with Gasteiger partial charge in [0.2, 0.25) is 0 Å². The first-order chi connectivity index (χ1) is 11.8. The maximum absolute atomic E-state index is 12.8. The van der Waals surface area contributed by atoms with E-state index in [1.54, 1.807) is 37.3 Å². The van der Waals surface area contributed by atoms with Gasteiger partial charge < -0.3 is 5.32 Å². The van der Waals surface area contributed by atoms with Gasteiger partial charge in [0.15, 0.2) is 5.11 Å². The summed E-state index contributed by atoms with van der Waals surface area (Å²) in [6.45, 7) is 1.73. The highest BCUT2D eigenvalue weighted by Crippen LogP contribution is 2.25. The fourth-order valence-corrected chi connectivity index (χ4v) is 3.90. The van der Waals surface area contributed by atoms with Crippen LogP contribution in [-0.4, -0.2) is 14.8 Å². The van der Waals surface area contributed by atoms with E-state index in [1.807, 2.05) is 6.07 Å². The molecule has 9 heteroatoms. The number of thiocarbonyl (C=S) groups is 1. The van der Waals surface area contributed by atoms with Gasteiger partial charge in [0.1, 0.15) is 5.82 Å². The second-order valence-corrected chi connectivity index (χ2v) is 7.77. The molecular weight excluding hydrogens is 492 g/mol. The minimum absolute atomic E-state index is 0.246. The predicted molar refractivity (Wildman–Crippen MR) is 113 cm³/mol. The standard InChI is InChI=1S/C16H11Br2ClN4OS/c1-8-20-14-12(6-9(17)7-13(14)18)15(24)23(8)22-16(25)21-11-4-2-10(19)3-5-11/h2-7H,1H3,(H2,21,22,25). The number of nitrogens with one attached hydrogen (secondary N) is 2. The molecule has 0 amide bonds. The van der Waals surface area contributed by atoms with Crippen LogP contribution in [0, 0.1) is 6.92 Å². The van der Waals surface area contributed by atoms with E-state index < -0.39 is 0 Å². The van der Waals surface area contributed by atoms with E-state index in [9.17, 15) is 4.79 Å². The number of nitrogens with zero attached hydrogens (tertiary/aromatic N) is 2. The number of hydrogen-bond donors (Lipinski definition) is 2. The van der Waals surface area contributed by atoms with E-state index >= 15 is 0 Å². The first-order valence-electron chi connectivity index (χ1n) is 7.07. The molecule has 2 N–H and O–H groups in total. The summed E-state index contributed by atoms with van der Waals surface area (Å²) in [6, 6.07) is 10.6. The Bertz CT molecular complexity index is 1040. The fraction of sp³-hybridized carbons (Fsp3) is 0.0625. The van der Waals surface area contributed by atoms with Crippen molar-refractivity contribution in [3.63, 3.8) is 0 Å². The summed E-state index contributed by atoms with van der Waals surface area (Å²) in [5, 5.41) is 4.36. The zero-order chi connectivity index (χ0) is 18.1. The highest BCUT2D eigenvalue weighted by Gasteiger charge is 2.12. The summed E-state index contributed by atoms with van der Waals surface area (Å²) >= 11 is 18.0. The lowest BCUT2D eigenvalue weighted by Crippen LogP contribution is -2.37. The van der Waals surface area contributed by atoms with Gasteiger partial charge in [0.05, 0.1) is 10.9 Å². The zero-order valence-electron chi connectivity index (χ0n) is 12.8. The van der Waals surface area contributed by atoms with Crippen molar-refractivity contribution in [2.24, 2.45) is 0 Å². The molecule has 0 aliphatic heterocycles. The van der Waals surface area contributed by atoms with Crippen molar-refractivity contribution in [3.05, 3.63) is 66.5 Å².